The number of aliphatic hydroxyl groups is 1. The minimum atomic E-state index is -0.532. The summed E-state index contributed by atoms with van der Waals surface area (Å²) in [6, 6.07) is 15.5. The minimum Gasteiger partial charge on any atom is -0.491 e. The Morgan fingerprint density at radius 2 is 1.25 bits per heavy atom. The molecule has 0 unspecified atom stereocenters. The van der Waals surface area contributed by atoms with E-state index in [4.69, 9.17) is 28.8 Å². The Labute approximate surface area is 214 Å². The van der Waals surface area contributed by atoms with Gasteiger partial charge in [-0.05, 0) is 56.2 Å². The molecule has 198 valence electrons. The van der Waals surface area contributed by atoms with E-state index < -0.39 is 5.60 Å². The number of anilines is 1. The summed E-state index contributed by atoms with van der Waals surface area (Å²) in [4.78, 5) is 13.7. The summed E-state index contributed by atoms with van der Waals surface area (Å²) >= 11 is 0. The van der Waals surface area contributed by atoms with Crippen molar-refractivity contribution in [1.82, 2.24) is 0 Å². The molecule has 2 aromatic carbocycles. The fraction of sp³-hybridized carbons (Fsp3) is 0.464. The van der Waals surface area contributed by atoms with Crippen LogP contribution in [0.25, 0.3) is 12.2 Å². The molecule has 0 heterocycles. The second kappa shape index (κ2) is 16.0. The number of amides is 1. The lowest BCUT2D eigenvalue weighted by atomic mass is 10.1. The highest BCUT2D eigenvalue weighted by Crippen LogP contribution is 2.19. The van der Waals surface area contributed by atoms with E-state index >= 15 is 0 Å². The molecule has 1 amide bonds. The van der Waals surface area contributed by atoms with E-state index in [9.17, 15) is 4.79 Å². The molecule has 0 spiro atoms. The van der Waals surface area contributed by atoms with Crippen LogP contribution in [0.3, 0.4) is 0 Å². The van der Waals surface area contributed by atoms with Gasteiger partial charge in [0.2, 0.25) is 0 Å². The van der Waals surface area contributed by atoms with Gasteiger partial charge in [-0.25, -0.2) is 4.79 Å². The zero-order chi connectivity index (χ0) is 26.2. The molecule has 0 aromatic heterocycles. The van der Waals surface area contributed by atoms with Gasteiger partial charge in [-0.3, -0.25) is 4.90 Å². The van der Waals surface area contributed by atoms with Crippen molar-refractivity contribution in [2.24, 2.45) is 0 Å². The molecule has 0 aliphatic heterocycles. The van der Waals surface area contributed by atoms with Crippen molar-refractivity contribution in [2.45, 2.75) is 26.4 Å². The number of ether oxygens (including phenoxy) is 5. The first-order valence-electron chi connectivity index (χ1n) is 12.1. The zero-order valence-electron chi connectivity index (χ0n) is 21.8. The molecule has 0 aliphatic rings. The molecule has 0 saturated heterocycles. The maximum Gasteiger partial charge on any atom is 0.414 e. The molecule has 2 aromatic rings. The fourth-order valence-corrected chi connectivity index (χ4v) is 2.94. The lowest BCUT2D eigenvalue weighted by Gasteiger charge is -2.24. The monoisotopic (exact) mass is 501 g/mol. The van der Waals surface area contributed by atoms with Crippen molar-refractivity contribution >= 4 is 23.9 Å². The van der Waals surface area contributed by atoms with E-state index in [1.807, 2.05) is 81.5 Å². The number of aliphatic hydroxyl groups excluding tert-OH is 1. The van der Waals surface area contributed by atoms with Gasteiger partial charge in [-0.2, -0.15) is 0 Å². The fourth-order valence-electron chi connectivity index (χ4n) is 2.94. The number of hydrogen-bond acceptors (Lipinski definition) is 7. The Morgan fingerprint density at radius 3 is 1.75 bits per heavy atom. The zero-order valence-corrected chi connectivity index (χ0v) is 21.8. The van der Waals surface area contributed by atoms with E-state index in [1.165, 1.54) is 4.90 Å². The largest absolute Gasteiger partial charge is 0.491 e. The third-order valence-electron chi connectivity index (χ3n) is 4.77. The number of carbonyl (C=O) groups excluding carboxylic acids is 1. The van der Waals surface area contributed by atoms with Gasteiger partial charge < -0.3 is 28.8 Å². The molecule has 0 saturated carbocycles. The quantitative estimate of drug-likeness (QED) is 0.281. The molecule has 8 heteroatoms. The van der Waals surface area contributed by atoms with Crippen molar-refractivity contribution < 1.29 is 33.6 Å². The third kappa shape index (κ3) is 12.2. The third-order valence-corrected chi connectivity index (χ3v) is 4.77. The van der Waals surface area contributed by atoms with Gasteiger partial charge in [0.1, 0.15) is 18.0 Å². The Bertz CT molecular complexity index is 905. The number of carbonyl (C=O) groups is 1. The number of nitrogens with zero attached hydrogens (tertiary/aromatic N) is 1. The average molecular weight is 502 g/mol. The van der Waals surface area contributed by atoms with Crippen LogP contribution in [0.5, 0.6) is 5.75 Å². The molecule has 1 N–H and O–H groups in total. The van der Waals surface area contributed by atoms with Crippen LogP contribution in [0.2, 0.25) is 0 Å². The van der Waals surface area contributed by atoms with Crippen molar-refractivity contribution in [3.05, 3.63) is 59.7 Å². The van der Waals surface area contributed by atoms with Gasteiger partial charge in [0.25, 0.3) is 0 Å². The topological polar surface area (TPSA) is 86.7 Å². The second-order valence-corrected chi connectivity index (χ2v) is 8.94. The lowest BCUT2D eigenvalue weighted by molar-refractivity contribution is 0.00361. The highest BCUT2D eigenvalue weighted by molar-refractivity contribution is 5.87. The lowest BCUT2D eigenvalue weighted by Crippen LogP contribution is -2.34. The first-order valence-corrected chi connectivity index (χ1v) is 12.1. The normalized spacial score (nSPS) is 11.6. The summed E-state index contributed by atoms with van der Waals surface area (Å²) in [6.45, 7) is 8.77. The van der Waals surface area contributed by atoms with Crippen LogP contribution in [-0.2, 0) is 18.9 Å². The predicted molar refractivity (Wildman–Crippen MR) is 141 cm³/mol. The summed E-state index contributed by atoms with van der Waals surface area (Å²) in [5.41, 5.74) is 2.31. The molecule has 8 nitrogen and oxygen atoms in total. The number of rotatable bonds is 15. The van der Waals surface area contributed by atoms with Gasteiger partial charge >= 0.3 is 6.09 Å². The Balaban J connectivity index is 1.67. The van der Waals surface area contributed by atoms with E-state index in [1.54, 1.807) is 7.05 Å². The van der Waals surface area contributed by atoms with Gasteiger partial charge in [0.15, 0.2) is 0 Å². The van der Waals surface area contributed by atoms with E-state index in [2.05, 4.69) is 0 Å². The van der Waals surface area contributed by atoms with Crippen LogP contribution in [0.1, 0.15) is 31.9 Å². The molecule has 0 radical (unpaired) electrons. The van der Waals surface area contributed by atoms with Crippen molar-refractivity contribution in [2.75, 3.05) is 64.8 Å². The first-order chi connectivity index (χ1) is 17.3. The molecule has 36 heavy (non-hydrogen) atoms. The number of benzene rings is 2. The van der Waals surface area contributed by atoms with Gasteiger partial charge in [0.05, 0.1) is 46.2 Å². The smallest absolute Gasteiger partial charge is 0.414 e. The predicted octanol–water partition coefficient (Wildman–Crippen LogP) is 4.65. The molecule has 0 fully saturated rings. The van der Waals surface area contributed by atoms with Crippen LogP contribution in [0.4, 0.5) is 10.5 Å². The Hall–Kier alpha value is -2.91. The molecule has 0 aliphatic carbocycles. The van der Waals surface area contributed by atoms with Crippen molar-refractivity contribution in [3.8, 4) is 5.75 Å². The second-order valence-electron chi connectivity index (χ2n) is 8.94. The summed E-state index contributed by atoms with van der Waals surface area (Å²) in [6.07, 6.45) is 3.65. The first kappa shape index (κ1) is 29.3. The van der Waals surface area contributed by atoms with Crippen LogP contribution >= 0.6 is 0 Å². The van der Waals surface area contributed by atoms with E-state index in [0.29, 0.717) is 46.2 Å². The van der Waals surface area contributed by atoms with Gasteiger partial charge in [0, 0.05) is 12.7 Å². The average Bonchev–Trinajstić information content (AvgIpc) is 2.85. The van der Waals surface area contributed by atoms with Crippen LogP contribution in [0, 0.1) is 0 Å². The Kier molecular flexibility index (Phi) is 13.0. The van der Waals surface area contributed by atoms with Crippen molar-refractivity contribution in [3.63, 3.8) is 0 Å². The summed E-state index contributed by atoms with van der Waals surface area (Å²) in [5.74, 6) is 0.780. The summed E-state index contributed by atoms with van der Waals surface area (Å²) in [5, 5.41) is 8.60. The summed E-state index contributed by atoms with van der Waals surface area (Å²) < 4.78 is 27.0. The van der Waals surface area contributed by atoms with E-state index in [-0.39, 0.29) is 12.7 Å². The molecular weight excluding hydrogens is 462 g/mol. The highest BCUT2D eigenvalue weighted by atomic mass is 16.6. The van der Waals surface area contributed by atoms with Gasteiger partial charge in [-0.1, -0.05) is 36.4 Å². The standard InChI is InChI=1S/C28H39NO7/c1-28(2,3)36-27(31)29(4)25-11-7-23(8-12-25)5-6-24-9-13-26(14-10-24)35-22-21-34-20-19-33-18-17-32-16-15-30/h5-14,30H,15-22H2,1-4H3/b6-5+. The molecule has 0 bridgehead atoms. The molecule has 2 rings (SSSR count). The summed E-state index contributed by atoms with van der Waals surface area (Å²) in [7, 11) is 1.70. The number of hydrogen-bond donors (Lipinski definition) is 1. The van der Waals surface area contributed by atoms with Gasteiger partial charge in [-0.15, -0.1) is 0 Å². The molecular formula is C28H39NO7. The minimum absolute atomic E-state index is 0.0228. The Morgan fingerprint density at radius 1 is 0.778 bits per heavy atom. The van der Waals surface area contributed by atoms with Crippen LogP contribution in [-0.4, -0.2) is 76.7 Å². The van der Waals surface area contributed by atoms with Crippen LogP contribution < -0.4 is 9.64 Å². The SMILES string of the molecule is CN(C(=O)OC(C)(C)C)c1ccc(/C=C/c2ccc(OCCOCCOCCOCCO)cc2)cc1. The van der Waals surface area contributed by atoms with Crippen molar-refractivity contribution in [1.29, 1.82) is 0 Å². The highest BCUT2D eigenvalue weighted by Gasteiger charge is 2.20. The maximum atomic E-state index is 12.2. The van der Waals surface area contributed by atoms with Crippen LogP contribution in [0.15, 0.2) is 48.5 Å². The maximum absolute atomic E-state index is 12.2. The van der Waals surface area contributed by atoms with E-state index in [0.717, 1.165) is 22.6 Å². The molecule has 0 atom stereocenters.